The zero-order valence-electron chi connectivity index (χ0n) is 13.6. The third kappa shape index (κ3) is 4.40. The van der Waals surface area contributed by atoms with Crippen molar-refractivity contribution in [3.05, 3.63) is 53.6 Å². The normalized spacial score (nSPS) is 15.2. The average molecular weight is 345 g/mol. The molecular weight excluding hydrogens is 324 g/mol. The van der Waals surface area contributed by atoms with Gasteiger partial charge in [0.15, 0.2) is 0 Å². The number of nitrogens with zero attached hydrogens (tertiary/aromatic N) is 2. The molecular formula is C18H21ClN4O. The zero-order valence-corrected chi connectivity index (χ0v) is 14.4. The van der Waals surface area contributed by atoms with E-state index in [1.165, 1.54) is 5.69 Å². The zero-order chi connectivity index (χ0) is 16.9. The second-order valence-electron chi connectivity index (χ2n) is 5.93. The number of halogens is 1. The summed E-state index contributed by atoms with van der Waals surface area (Å²) in [6.07, 6.45) is 0. The SMILES string of the molecule is CN1CCN(c2ccc(NC(=O)Nc3cccc(Cl)c3)cc2)CC1. The quantitative estimate of drug-likeness (QED) is 0.891. The standard InChI is InChI=1S/C18H21ClN4O/c1-22-9-11-23(12-10-22)17-7-5-15(6-8-17)20-18(24)21-16-4-2-3-14(19)13-16/h2-8,13H,9-12H2,1H3,(H2,20,21,24). The van der Waals surface area contributed by atoms with Crippen LogP contribution in [-0.2, 0) is 0 Å². The summed E-state index contributed by atoms with van der Waals surface area (Å²) < 4.78 is 0. The minimum absolute atomic E-state index is 0.287. The number of rotatable bonds is 3. The predicted octanol–water partition coefficient (Wildman–Crippen LogP) is 3.74. The van der Waals surface area contributed by atoms with Crippen molar-refractivity contribution in [1.29, 1.82) is 0 Å². The maximum atomic E-state index is 12.0. The van der Waals surface area contributed by atoms with Crippen LogP contribution in [0, 0.1) is 0 Å². The molecule has 1 heterocycles. The summed E-state index contributed by atoms with van der Waals surface area (Å²) in [5.74, 6) is 0. The smallest absolute Gasteiger partial charge is 0.323 e. The number of amides is 2. The molecule has 2 aromatic rings. The van der Waals surface area contributed by atoms with Gasteiger partial charge in [0.1, 0.15) is 0 Å². The van der Waals surface area contributed by atoms with E-state index in [4.69, 9.17) is 11.6 Å². The van der Waals surface area contributed by atoms with Crippen molar-refractivity contribution in [3.8, 4) is 0 Å². The molecule has 2 amide bonds. The first-order valence-electron chi connectivity index (χ1n) is 7.97. The molecule has 126 valence electrons. The molecule has 0 aromatic heterocycles. The van der Waals surface area contributed by atoms with Crippen molar-refractivity contribution < 1.29 is 4.79 Å². The van der Waals surface area contributed by atoms with Crippen LogP contribution in [0.25, 0.3) is 0 Å². The Bertz CT molecular complexity index is 696. The van der Waals surface area contributed by atoms with Crippen LogP contribution in [0.1, 0.15) is 0 Å². The van der Waals surface area contributed by atoms with Gasteiger partial charge >= 0.3 is 6.03 Å². The van der Waals surface area contributed by atoms with Crippen LogP contribution in [0.15, 0.2) is 48.5 Å². The Kier molecular flexibility index (Phi) is 5.23. The number of carbonyl (C=O) groups excluding carboxylic acids is 1. The van der Waals surface area contributed by atoms with Crippen LogP contribution < -0.4 is 15.5 Å². The molecule has 0 unspecified atom stereocenters. The predicted molar refractivity (Wildman–Crippen MR) is 100 cm³/mol. The summed E-state index contributed by atoms with van der Waals surface area (Å²) in [6.45, 7) is 4.20. The summed E-state index contributed by atoms with van der Waals surface area (Å²) >= 11 is 5.91. The van der Waals surface area contributed by atoms with Crippen LogP contribution in [-0.4, -0.2) is 44.2 Å². The van der Waals surface area contributed by atoms with Gasteiger partial charge in [-0.25, -0.2) is 4.79 Å². The Hall–Kier alpha value is -2.24. The van der Waals surface area contributed by atoms with Crippen molar-refractivity contribution in [2.45, 2.75) is 0 Å². The first kappa shape index (κ1) is 16.6. The molecule has 0 spiro atoms. The van der Waals surface area contributed by atoms with Gasteiger partial charge in [0.2, 0.25) is 0 Å². The summed E-state index contributed by atoms with van der Waals surface area (Å²) in [5, 5.41) is 6.18. The van der Waals surface area contributed by atoms with Gasteiger partial charge in [0.25, 0.3) is 0 Å². The molecule has 0 bridgehead atoms. The van der Waals surface area contributed by atoms with Gasteiger partial charge in [0.05, 0.1) is 0 Å². The maximum absolute atomic E-state index is 12.0. The number of hydrogen-bond acceptors (Lipinski definition) is 3. The monoisotopic (exact) mass is 344 g/mol. The molecule has 2 N–H and O–H groups in total. The third-order valence-electron chi connectivity index (χ3n) is 4.08. The van der Waals surface area contributed by atoms with Crippen molar-refractivity contribution in [2.24, 2.45) is 0 Å². The first-order valence-corrected chi connectivity index (χ1v) is 8.35. The highest BCUT2D eigenvalue weighted by Gasteiger charge is 2.14. The highest BCUT2D eigenvalue weighted by molar-refractivity contribution is 6.30. The van der Waals surface area contributed by atoms with Gasteiger partial charge in [-0.3, -0.25) is 0 Å². The Morgan fingerprint density at radius 3 is 2.29 bits per heavy atom. The molecule has 0 saturated carbocycles. The molecule has 24 heavy (non-hydrogen) atoms. The number of nitrogens with one attached hydrogen (secondary N) is 2. The van der Waals surface area contributed by atoms with Gasteiger partial charge in [-0.2, -0.15) is 0 Å². The highest BCUT2D eigenvalue weighted by Crippen LogP contribution is 2.20. The van der Waals surface area contributed by atoms with Gasteiger partial charge in [0, 0.05) is 48.3 Å². The Labute approximate surface area is 147 Å². The number of benzene rings is 2. The summed E-state index contributed by atoms with van der Waals surface area (Å²) in [4.78, 5) is 16.7. The molecule has 1 fully saturated rings. The second-order valence-corrected chi connectivity index (χ2v) is 6.36. The Morgan fingerprint density at radius 1 is 0.958 bits per heavy atom. The van der Waals surface area contributed by atoms with E-state index in [1.807, 2.05) is 24.3 Å². The second kappa shape index (κ2) is 7.55. The lowest BCUT2D eigenvalue weighted by Crippen LogP contribution is -2.44. The number of likely N-dealkylation sites (N-methyl/N-ethyl adjacent to an activating group) is 1. The molecule has 1 aliphatic heterocycles. The molecule has 6 heteroatoms. The molecule has 1 saturated heterocycles. The number of carbonyl (C=O) groups is 1. The molecule has 0 radical (unpaired) electrons. The van der Waals surface area contributed by atoms with Crippen LogP contribution in [0.5, 0.6) is 0 Å². The largest absolute Gasteiger partial charge is 0.369 e. The van der Waals surface area contributed by atoms with Crippen LogP contribution >= 0.6 is 11.6 Å². The van der Waals surface area contributed by atoms with Crippen molar-refractivity contribution >= 4 is 34.7 Å². The van der Waals surface area contributed by atoms with Crippen LogP contribution in [0.4, 0.5) is 21.9 Å². The van der Waals surface area contributed by atoms with E-state index in [0.29, 0.717) is 10.7 Å². The van der Waals surface area contributed by atoms with E-state index < -0.39 is 0 Å². The van der Waals surface area contributed by atoms with Crippen molar-refractivity contribution in [3.63, 3.8) is 0 Å². The van der Waals surface area contributed by atoms with Crippen LogP contribution in [0.3, 0.4) is 0 Å². The fraction of sp³-hybridized carbons (Fsp3) is 0.278. The topological polar surface area (TPSA) is 47.6 Å². The van der Waals surface area contributed by atoms with Crippen molar-refractivity contribution in [2.75, 3.05) is 48.8 Å². The van der Waals surface area contributed by atoms with Crippen molar-refractivity contribution in [1.82, 2.24) is 4.90 Å². The van der Waals surface area contributed by atoms with Gasteiger partial charge < -0.3 is 20.4 Å². The van der Waals surface area contributed by atoms with Crippen LogP contribution in [0.2, 0.25) is 5.02 Å². The Balaban J connectivity index is 1.56. The number of urea groups is 1. The number of piperazine rings is 1. The van der Waals surface area contributed by atoms with E-state index in [9.17, 15) is 4.79 Å². The van der Waals surface area contributed by atoms with Gasteiger partial charge in [-0.05, 0) is 49.5 Å². The lowest BCUT2D eigenvalue weighted by molar-refractivity contribution is 0.262. The summed E-state index contributed by atoms with van der Waals surface area (Å²) in [6, 6.07) is 14.7. The summed E-state index contributed by atoms with van der Waals surface area (Å²) in [5.41, 5.74) is 2.60. The highest BCUT2D eigenvalue weighted by atomic mass is 35.5. The van der Waals surface area contributed by atoms with E-state index in [1.54, 1.807) is 24.3 Å². The van der Waals surface area contributed by atoms with E-state index >= 15 is 0 Å². The average Bonchev–Trinajstić information content (AvgIpc) is 2.56. The third-order valence-corrected chi connectivity index (χ3v) is 4.31. The molecule has 2 aromatic carbocycles. The molecule has 0 atom stereocenters. The lowest BCUT2D eigenvalue weighted by atomic mass is 10.2. The minimum Gasteiger partial charge on any atom is -0.369 e. The fourth-order valence-electron chi connectivity index (χ4n) is 2.68. The first-order chi connectivity index (χ1) is 11.6. The molecule has 3 rings (SSSR count). The fourth-order valence-corrected chi connectivity index (χ4v) is 2.87. The maximum Gasteiger partial charge on any atom is 0.323 e. The van der Waals surface area contributed by atoms with E-state index in [0.717, 1.165) is 31.9 Å². The Morgan fingerprint density at radius 2 is 1.62 bits per heavy atom. The number of hydrogen-bond donors (Lipinski definition) is 2. The minimum atomic E-state index is -0.287. The van der Waals surface area contributed by atoms with Gasteiger partial charge in [-0.1, -0.05) is 17.7 Å². The molecule has 5 nitrogen and oxygen atoms in total. The molecule has 0 aliphatic carbocycles. The van der Waals surface area contributed by atoms with E-state index in [2.05, 4.69) is 27.5 Å². The lowest BCUT2D eigenvalue weighted by Gasteiger charge is -2.34. The number of anilines is 3. The van der Waals surface area contributed by atoms with E-state index in [-0.39, 0.29) is 6.03 Å². The molecule has 1 aliphatic rings. The van der Waals surface area contributed by atoms with Gasteiger partial charge in [-0.15, -0.1) is 0 Å². The summed E-state index contributed by atoms with van der Waals surface area (Å²) in [7, 11) is 2.14.